The van der Waals surface area contributed by atoms with E-state index in [1.165, 1.54) is 0 Å². The van der Waals surface area contributed by atoms with E-state index < -0.39 is 24.3 Å². The van der Waals surface area contributed by atoms with Crippen molar-refractivity contribution >= 4 is 24.1 Å². The predicted molar refractivity (Wildman–Crippen MR) is 98.4 cm³/mol. The third-order valence-electron chi connectivity index (χ3n) is 5.18. The topological polar surface area (TPSA) is 73.0 Å². The number of nitrogens with zero attached hydrogens (tertiary/aromatic N) is 2. The Morgan fingerprint density at radius 2 is 1.88 bits per heavy atom. The molecular weight excluding hydrogens is 331 g/mol. The molecule has 3 heterocycles. The van der Waals surface area contributed by atoms with E-state index in [2.05, 4.69) is 6.07 Å². The zero-order valence-electron chi connectivity index (χ0n) is 15.8. The molecule has 0 unspecified atom stereocenters. The monoisotopic (exact) mass is 354 g/mol. The van der Waals surface area contributed by atoms with Crippen LogP contribution >= 0.6 is 0 Å². The van der Waals surface area contributed by atoms with Gasteiger partial charge in [0, 0.05) is 18.0 Å². The molecule has 0 aliphatic carbocycles. The number of nitriles is 1. The van der Waals surface area contributed by atoms with Gasteiger partial charge in [-0.25, -0.2) is 4.79 Å². The van der Waals surface area contributed by atoms with E-state index in [1.807, 2.05) is 50.4 Å². The molecule has 26 heavy (non-hydrogen) atoms. The molecule has 0 atom stereocenters. The van der Waals surface area contributed by atoms with Crippen LogP contribution in [0.15, 0.2) is 24.5 Å². The minimum Gasteiger partial charge on any atom is -0.462 e. The average Bonchev–Trinajstić information content (AvgIpc) is 3.02. The number of fused-ring (bicyclic) bond motifs is 1. The molecule has 2 aromatic rings. The fraction of sp³-hybridized carbons (Fsp3) is 0.474. The van der Waals surface area contributed by atoms with Crippen molar-refractivity contribution in [2.75, 3.05) is 6.61 Å². The highest BCUT2D eigenvalue weighted by atomic mass is 16.7. The van der Waals surface area contributed by atoms with E-state index in [4.69, 9.17) is 19.3 Å². The summed E-state index contributed by atoms with van der Waals surface area (Å²) in [6.45, 7) is 10.1. The molecule has 0 N–H and O–H groups in total. The molecule has 1 aliphatic heterocycles. The summed E-state index contributed by atoms with van der Waals surface area (Å²) >= 11 is 0. The van der Waals surface area contributed by atoms with E-state index in [1.54, 1.807) is 13.1 Å². The standard InChI is InChI=1S/C19H23BN2O4/c1-6-24-17(23)15-12-22-11-13(7-8-16(22)14(15)9-10-21)20-25-18(2,3)19(4,5)26-20/h7-8,11-12H,6,9H2,1-5H3. The zero-order valence-corrected chi connectivity index (χ0v) is 15.8. The molecule has 0 aromatic carbocycles. The van der Waals surface area contributed by atoms with Crippen LogP contribution < -0.4 is 5.46 Å². The van der Waals surface area contributed by atoms with E-state index in [0.29, 0.717) is 11.1 Å². The minimum atomic E-state index is -0.489. The van der Waals surface area contributed by atoms with Crippen molar-refractivity contribution in [3.63, 3.8) is 0 Å². The van der Waals surface area contributed by atoms with Crippen molar-refractivity contribution in [1.29, 1.82) is 5.26 Å². The summed E-state index contributed by atoms with van der Waals surface area (Å²) in [5.74, 6) is -0.418. The third kappa shape index (κ3) is 3.00. The molecule has 7 heteroatoms. The fourth-order valence-electron chi connectivity index (χ4n) is 3.02. The van der Waals surface area contributed by atoms with Crippen LogP contribution in [-0.2, 0) is 20.5 Å². The first-order chi connectivity index (χ1) is 12.2. The van der Waals surface area contributed by atoms with Gasteiger partial charge in [-0.1, -0.05) is 6.07 Å². The van der Waals surface area contributed by atoms with Gasteiger partial charge < -0.3 is 18.4 Å². The van der Waals surface area contributed by atoms with Crippen LogP contribution in [0.5, 0.6) is 0 Å². The molecule has 136 valence electrons. The molecule has 1 aliphatic rings. The number of rotatable bonds is 4. The van der Waals surface area contributed by atoms with Gasteiger partial charge in [0.15, 0.2) is 0 Å². The molecule has 1 saturated heterocycles. The molecule has 2 aromatic heterocycles. The maximum atomic E-state index is 12.2. The molecule has 0 bridgehead atoms. The molecular formula is C19H23BN2O4. The van der Waals surface area contributed by atoms with Crippen LogP contribution in [-0.4, -0.2) is 35.3 Å². The highest BCUT2D eigenvalue weighted by Gasteiger charge is 2.51. The Balaban J connectivity index is 2.02. The van der Waals surface area contributed by atoms with Crippen molar-refractivity contribution in [2.24, 2.45) is 0 Å². The van der Waals surface area contributed by atoms with E-state index in [-0.39, 0.29) is 13.0 Å². The third-order valence-corrected chi connectivity index (χ3v) is 5.18. The quantitative estimate of drug-likeness (QED) is 0.623. The number of pyridine rings is 1. The number of carbonyl (C=O) groups is 1. The molecule has 3 rings (SSSR count). The second-order valence-electron chi connectivity index (χ2n) is 7.42. The number of carbonyl (C=O) groups excluding carboxylic acids is 1. The lowest BCUT2D eigenvalue weighted by Gasteiger charge is -2.32. The highest BCUT2D eigenvalue weighted by Crippen LogP contribution is 2.36. The Labute approximate surface area is 153 Å². The summed E-state index contributed by atoms with van der Waals surface area (Å²) in [4.78, 5) is 12.2. The molecule has 0 amide bonds. The van der Waals surface area contributed by atoms with Crippen molar-refractivity contribution in [1.82, 2.24) is 4.40 Å². The first-order valence-corrected chi connectivity index (χ1v) is 8.73. The number of esters is 1. The van der Waals surface area contributed by atoms with Crippen LogP contribution in [0.4, 0.5) is 0 Å². The van der Waals surface area contributed by atoms with Crippen LogP contribution in [0.25, 0.3) is 5.52 Å². The van der Waals surface area contributed by atoms with E-state index in [9.17, 15) is 4.79 Å². The van der Waals surface area contributed by atoms with Crippen molar-refractivity contribution < 1.29 is 18.8 Å². The Bertz CT molecular complexity index is 879. The smallest absolute Gasteiger partial charge is 0.462 e. The summed E-state index contributed by atoms with van der Waals surface area (Å²) in [5.41, 5.74) is 1.89. The maximum Gasteiger partial charge on any atom is 0.496 e. The van der Waals surface area contributed by atoms with Gasteiger partial charge in [0.25, 0.3) is 0 Å². The SMILES string of the molecule is CCOC(=O)c1cn2cc(B3OC(C)(C)C(C)(C)O3)ccc2c1CC#N. The average molecular weight is 354 g/mol. The second kappa shape index (κ2) is 6.46. The summed E-state index contributed by atoms with van der Waals surface area (Å²) in [7, 11) is -0.489. The van der Waals surface area contributed by atoms with Gasteiger partial charge in [-0.3, -0.25) is 0 Å². The van der Waals surface area contributed by atoms with E-state index >= 15 is 0 Å². The Hall–Kier alpha value is -2.30. The van der Waals surface area contributed by atoms with Gasteiger partial charge in [-0.2, -0.15) is 5.26 Å². The van der Waals surface area contributed by atoms with Crippen molar-refractivity contribution in [2.45, 2.75) is 52.2 Å². The Kier molecular flexibility index (Phi) is 4.59. The van der Waals surface area contributed by atoms with Gasteiger partial charge >= 0.3 is 13.1 Å². The second-order valence-corrected chi connectivity index (χ2v) is 7.42. The molecule has 0 radical (unpaired) electrons. The lowest BCUT2D eigenvalue weighted by Crippen LogP contribution is -2.41. The predicted octanol–water partition coefficient (Wildman–Crippen LogP) is 2.48. The van der Waals surface area contributed by atoms with Gasteiger partial charge in [-0.15, -0.1) is 0 Å². The molecule has 1 fully saturated rings. The lowest BCUT2D eigenvalue weighted by atomic mass is 9.80. The number of ether oxygens (including phenoxy) is 1. The van der Waals surface area contributed by atoms with Crippen molar-refractivity contribution in [3.05, 3.63) is 35.7 Å². The first-order valence-electron chi connectivity index (χ1n) is 8.73. The van der Waals surface area contributed by atoms with E-state index in [0.717, 1.165) is 11.0 Å². The summed E-state index contributed by atoms with van der Waals surface area (Å²) in [6, 6.07) is 5.92. The number of hydrogen-bond acceptors (Lipinski definition) is 5. The largest absolute Gasteiger partial charge is 0.496 e. The maximum absolute atomic E-state index is 12.2. The van der Waals surface area contributed by atoms with Crippen LogP contribution in [0.1, 0.15) is 50.5 Å². The van der Waals surface area contributed by atoms with Gasteiger partial charge in [0.2, 0.25) is 0 Å². The lowest BCUT2D eigenvalue weighted by molar-refractivity contribution is 0.00578. The molecule has 0 spiro atoms. The van der Waals surface area contributed by atoms with Gasteiger partial charge in [0.1, 0.15) is 0 Å². The van der Waals surface area contributed by atoms with Gasteiger partial charge in [-0.05, 0) is 46.1 Å². The van der Waals surface area contributed by atoms with Crippen LogP contribution in [0.3, 0.4) is 0 Å². The normalized spacial score (nSPS) is 18.1. The number of aromatic nitrogens is 1. The fourth-order valence-corrected chi connectivity index (χ4v) is 3.02. The highest BCUT2D eigenvalue weighted by molar-refractivity contribution is 6.62. The summed E-state index contributed by atoms with van der Waals surface area (Å²) in [6.07, 6.45) is 3.72. The Morgan fingerprint density at radius 3 is 2.46 bits per heavy atom. The molecule has 6 nitrogen and oxygen atoms in total. The number of hydrogen-bond donors (Lipinski definition) is 0. The van der Waals surface area contributed by atoms with Crippen LogP contribution in [0, 0.1) is 11.3 Å². The van der Waals surface area contributed by atoms with Crippen molar-refractivity contribution in [3.8, 4) is 6.07 Å². The Morgan fingerprint density at radius 1 is 1.23 bits per heavy atom. The first kappa shape index (κ1) is 18.5. The minimum absolute atomic E-state index is 0.139. The summed E-state index contributed by atoms with van der Waals surface area (Å²) in [5, 5.41) is 9.12. The van der Waals surface area contributed by atoms with Gasteiger partial charge in [0.05, 0.1) is 41.4 Å². The summed E-state index contributed by atoms with van der Waals surface area (Å²) < 4.78 is 19.1. The zero-order chi connectivity index (χ0) is 19.1. The molecule has 0 saturated carbocycles. The van der Waals surface area contributed by atoms with Crippen LogP contribution in [0.2, 0.25) is 0 Å².